The average Bonchev–Trinajstić information content (AvgIpc) is 2.45. The number of hydrogen-bond donors (Lipinski definition) is 1. The highest BCUT2D eigenvalue weighted by molar-refractivity contribution is 5.88. The second kappa shape index (κ2) is 8.80. The summed E-state index contributed by atoms with van der Waals surface area (Å²) < 4.78 is 4.38. The van der Waals surface area contributed by atoms with E-state index in [0.717, 1.165) is 5.56 Å². The first kappa shape index (κ1) is 14.8. The van der Waals surface area contributed by atoms with Crippen LogP contribution in [0.25, 0.3) is 0 Å². The maximum Gasteiger partial charge on any atom is 0.384 e. The molecule has 0 aromatic heterocycles. The predicted molar refractivity (Wildman–Crippen MR) is 73.0 cm³/mol. The predicted octanol–water partition coefficient (Wildman–Crippen LogP) is 1.75. The van der Waals surface area contributed by atoms with Gasteiger partial charge in [-0.3, -0.25) is 0 Å². The highest BCUT2D eigenvalue weighted by Gasteiger charge is 1.97. The van der Waals surface area contributed by atoms with Crippen LogP contribution in [0.2, 0.25) is 0 Å². The van der Waals surface area contributed by atoms with Gasteiger partial charge in [0.15, 0.2) is 0 Å². The Bertz CT molecular complexity index is 512. The lowest BCUT2D eigenvalue weighted by Crippen LogP contribution is -2.02. The van der Waals surface area contributed by atoms with E-state index in [-0.39, 0.29) is 0 Å². The fraction of sp³-hybridized carbons (Fsp3) is 0.312. The molecule has 0 heterocycles. The minimum atomic E-state index is -0.667. The summed E-state index contributed by atoms with van der Waals surface area (Å²) in [6.07, 6.45) is 1.10. The number of carbonyl (C=O) groups excluding carboxylic acids is 1. The molecule has 0 amide bonds. The number of methoxy groups -OCH3 is 1. The number of carbonyl (C=O) groups is 1. The van der Waals surface area contributed by atoms with E-state index >= 15 is 0 Å². The molecule has 1 unspecified atom stereocenters. The lowest BCUT2D eigenvalue weighted by atomic mass is 10.1. The van der Waals surface area contributed by atoms with Crippen LogP contribution in [0.15, 0.2) is 30.3 Å². The number of benzene rings is 1. The quantitative estimate of drug-likeness (QED) is 0.388. The topological polar surface area (TPSA) is 46.5 Å². The maximum absolute atomic E-state index is 10.7. The van der Waals surface area contributed by atoms with Crippen LogP contribution in [0.5, 0.6) is 0 Å². The van der Waals surface area contributed by atoms with E-state index in [9.17, 15) is 9.90 Å². The first-order chi connectivity index (χ1) is 9.22. The van der Waals surface area contributed by atoms with Crippen LogP contribution in [-0.2, 0) is 9.53 Å². The third-order valence-corrected chi connectivity index (χ3v) is 2.31. The van der Waals surface area contributed by atoms with Crippen molar-refractivity contribution in [2.24, 2.45) is 0 Å². The molecule has 1 rings (SSSR count). The highest BCUT2D eigenvalue weighted by atomic mass is 16.5. The van der Waals surface area contributed by atoms with E-state index in [2.05, 4.69) is 28.4 Å². The van der Waals surface area contributed by atoms with E-state index in [1.807, 2.05) is 30.3 Å². The van der Waals surface area contributed by atoms with Crippen molar-refractivity contribution in [3.8, 4) is 23.7 Å². The molecular formula is C16H16O3. The zero-order chi connectivity index (χ0) is 13.9. The van der Waals surface area contributed by atoms with E-state index in [1.54, 1.807) is 0 Å². The van der Waals surface area contributed by atoms with Crippen molar-refractivity contribution in [1.29, 1.82) is 0 Å². The second-order valence-corrected chi connectivity index (χ2v) is 3.84. The molecule has 0 spiro atoms. The molecule has 1 N–H and O–H groups in total. The molecule has 0 aliphatic rings. The molecule has 1 aromatic rings. The summed E-state index contributed by atoms with van der Waals surface area (Å²) in [6.45, 7) is 0. The van der Waals surface area contributed by atoms with Gasteiger partial charge in [0, 0.05) is 17.9 Å². The van der Waals surface area contributed by atoms with Crippen molar-refractivity contribution < 1.29 is 14.6 Å². The first-order valence-electron chi connectivity index (χ1n) is 6.04. The van der Waals surface area contributed by atoms with Gasteiger partial charge in [-0.1, -0.05) is 36.0 Å². The molecule has 98 valence electrons. The summed E-state index contributed by atoms with van der Waals surface area (Å²) in [5.41, 5.74) is 0.882. The normalized spacial score (nSPS) is 10.4. The molecule has 19 heavy (non-hydrogen) atoms. The summed E-state index contributed by atoms with van der Waals surface area (Å²) >= 11 is 0. The Morgan fingerprint density at radius 3 is 2.79 bits per heavy atom. The minimum Gasteiger partial charge on any atom is -0.459 e. The second-order valence-electron chi connectivity index (χ2n) is 3.84. The smallest absolute Gasteiger partial charge is 0.384 e. The van der Waals surface area contributed by atoms with Gasteiger partial charge in [-0.15, -0.1) is 0 Å². The molecule has 0 aliphatic heterocycles. The summed E-state index contributed by atoms with van der Waals surface area (Å²) in [7, 11) is 1.29. The third-order valence-electron chi connectivity index (χ3n) is 2.31. The van der Waals surface area contributed by atoms with Gasteiger partial charge in [-0.25, -0.2) is 4.79 Å². The van der Waals surface area contributed by atoms with Crippen molar-refractivity contribution >= 4 is 5.97 Å². The molecule has 3 nitrogen and oxygen atoms in total. The van der Waals surface area contributed by atoms with Crippen LogP contribution < -0.4 is 0 Å². The largest absolute Gasteiger partial charge is 0.459 e. The van der Waals surface area contributed by atoms with Gasteiger partial charge in [0.2, 0.25) is 0 Å². The summed E-state index contributed by atoms with van der Waals surface area (Å²) in [5, 5.41) is 9.65. The van der Waals surface area contributed by atoms with Crippen LogP contribution in [0.4, 0.5) is 0 Å². The number of rotatable bonds is 3. The van der Waals surface area contributed by atoms with Crippen molar-refractivity contribution in [3.05, 3.63) is 35.9 Å². The summed E-state index contributed by atoms with van der Waals surface area (Å²) in [6, 6.07) is 9.50. The Morgan fingerprint density at radius 1 is 1.37 bits per heavy atom. The van der Waals surface area contributed by atoms with Crippen LogP contribution in [-0.4, -0.2) is 24.3 Å². The van der Waals surface area contributed by atoms with Gasteiger partial charge in [0.05, 0.1) is 7.11 Å². The van der Waals surface area contributed by atoms with Gasteiger partial charge in [-0.05, 0) is 25.0 Å². The Hall–Kier alpha value is -2.23. The fourth-order valence-electron chi connectivity index (χ4n) is 1.33. The Labute approximate surface area is 113 Å². The maximum atomic E-state index is 10.7. The number of unbranched alkanes of at least 4 members (excludes halogenated alkanes) is 1. The van der Waals surface area contributed by atoms with Gasteiger partial charge in [-0.2, -0.15) is 0 Å². The molecule has 0 aliphatic carbocycles. The summed E-state index contributed by atoms with van der Waals surface area (Å²) in [5.74, 6) is 10.2. The van der Waals surface area contributed by atoms with E-state index in [0.29, 0.717) is 19.3 Å². The molecule has 1 aromatic carbocycles. The molecule has 0 radical (unpaired) electrons. The number of esters is 1. The molecular weight excluding hydrogens is 240 g/mol. The van der Waals surface area contributed by atoms with Gasteiger partial charge >= 0.3 is 5.97 Å². The van der Waals surface area contributed by atoms with Gasteiger partial charge < -0.3 is 9.84 Å². The van der Waals surface area contributed by atoms with Crippen LogP contribution >= 0.6 is 0 Å². The Morgan fingerprint density at radius 2 is 2.11 bits per heavy atom. The third kappa shape index (κ3) is 6.93. The lowest BCUT2D eigenvalue weighted by Gasteiger charge is -1.99. The minimum absolute atomic E-state index is 0.537. The number of aliphatic hydroxyl groups is 1. The highest BCUT2D eigenvalue weighted by Crippen LogP contribution is 2.00. The average molecular weight is 256 g/mol. The zero-order valence-corrected chi connectivity index (χ0v) is 10.8. The number of hydrogen-bond acceptors (Lipinski definition) is 3. The molecule has 1 atom stereocenters. The fourth-order valence-corrected chi connectivity index (χ4v) is 1.33. The number of ether oxygens (including phenoxy) is 1. The Balaban J connectivity index is 2.29. The van der Waals surface area contributed by atoms with Crippen LogP contribution in [0.3, 0.4) is 0 Å². The van der Waals surface area contributed by atoms with E-state index in [1.165, 1.54) is 7.11 Å². The standard InChI is InChI=1S/C16H16O3/c1-19-16(18)11-7-3-6-10-15(17)13-12-14-8-4-2-5-9-14/h2,4-5,8-9,15,17H,3,6,10H2,1H3. The van der Waals surface area contributed by atoms with E-state index < -0.39 is 12.1 Å². The SMILES string of the molecule is COC(=O)C#CCCCC(O)C#Cc1ccccc1. The van der Waals surface area contributed by atoms with E-state index in [4.69, 9.17) is 0 Å². The van der Waals surface area contributed by atoms with Crippen molar-refractivity contribution in [2.75, 3.05) is 7.11 Å². The number of aliphatic hydroxyl groups excluding tert-OH is 1. The van der Waals surface area contributed by atoms with Crippen molar-refractivity contribution in [3.63, 3.8) is 0 Å². The molecule has 3 heteroatoms. The first-order valence-corrected chi connectivity index (χ1v) is 6.04. The van der Waals surface area contributed by atoms with Crippen LogP contribution in [0.1, 0.15) is 24.8 Å². The van der Waals surface area contributed by atoms with Crippen molar-refractivity contribution in [1.82, 2.24) is 0 Å². The molecule has 0 saturated carbocycles. The zero-order valence-electron chi connectivity index (χ0n) is 10.8. The lowest BCUT2D eigenvalue weighted by molar-refractivity contribution is -0.133. The molecule has 0 saturated heterocycles. The van der Waals surface area contributed by atoms with Crippen LogP contribution in [0, 0.1) is 23.7 Å². The molecule has 0 bridgehead atoms. The van der Waals surface area contributed by atoms with Gasteiger partial charge in [0.25, 0.3) is 0 Å². The summed E-state index contributed by atoms with van der Waals surface area (Å²) in [4.78, 5) is 10.7. The van der Waals surface area contributed by atoms with Gasteiger partial charge in [0.1, 0.15) is 6.10 Å². The monoisotopic (exact) mass is 256 g/mol. The van der Waals surface area contributed by atoms with Crippen molar-refractivity contribution in [2.45, 2.75) is 25.4 Å². The Kier molecular flexibility index (Phi) is 6.87. The molecule has 0 fully saturated rings.